The molecule has 1 nitrogen and oxygen atoms in total. The van der Waals surface area contributed by atoms with Crippen LogP contribution in [0.4, 0.5) is 17.1 Å². The highest BCUT2D eigenvalue weighted by atomic mass is 32.1. The van der Waals surface area contributed by atoms with Gasteiger partial charge in [0, 0.05) is 42.7 Å². The Hall–Kier alpha value is -7.52. The van der Waals surface area contributed by atoms with E-state index in [9.17, 15) is 0 Å². The Bertz CT molecular complexity index is 3300. The predicted octanol–water partition coefficient (Wildman–Crippen LogP) is 17.0. The van der Waals surface area contributed by atoms with Crippen molar-refractivity contribution in [2.24, 2.45) is 0 Å². The molecule has 11 aromatic rings. The Balaban J connectivity index is 1.04. The van der Waals surface area contributed by atoms with Crippen LogP contribution in [0.5, 0.6) is 0 Å². The minimum atomic E-state index is 1.09. The Kier molecular flexibility index (Phi) is 9.11. The first-order valence-corrected chi connectivity index (χ1v) is 21.3. The molecule has 0 atom stereocenters. The molecule has 1 aromatic heterocycles. The maximum atomic E-state index is 2.43. The summed E-state index contributed by atoms with van der Waals surface area (Å²) in [5.41, 5.74) is 15.4. The highest BCUT2D eigenvalue weighted by Gasteiger charge is 2.20. The maximum Gasteiger partial charge on any atom is 0.0540 e. The van der Waals surface area contributed by atoms with E-state index in [0.717, 1.165) is 17.1 Å². The number of para-hydroxylation sites is 1. The van der Waals surface area contributed by atoms with E-state index in [1.807, 2.05) is 11.3 Å². The average Bonchev–Trinajstić information content (AvgIpc) is 3.72. The van der Waals surface area contributed by atoms with Gasteiger partial charge in [0.15, 0.2) is 0 Å². The molecular formula is C58H39NS. The lowest BCUT2D eigenvalue weighted by molar-refractivity contribution is 1.28. The third kappa shape index (κ3) is 6.54. The molecule has 282 valence electrons. The second-order valence-electron chi connectivity index (χ2n) is 15.3. The van der Waals surface area contributed by atoms with Gasteiger partial charge in [0.2, 0.25) is 0 Å². The summed E-state index contributed by atoms with van der Waals surface area (Å²) in [5, 5.41) is 5.11. The van der Waals surface area contributed by atoms with Crippen LogP contribution in [0.3, 0.4) is 0 Å². The van der Waals surface area contributed by atoms with Crippen molar-refractivity contribution in [1.29, 1.82) is 0 Å². The molecule has 0 aliphatic carbocycles. The van der Waals surface area contributed by atoms with Crippen LogP contribution in [-0.2, 0) is 0 Å². The van der Waals surface area contributed by atoms with E-state index in [1.165, 1.54) is 86.6 Å². The van der Waals surface area contributed by atoms with Crippen molar-refractivity contribution < 1.29 is 0 Å². The van der Waals surface area contributed by atoms with Crippen molar-refractivity contribution in [2.45, 2.75) is 0 Å². The summed E-state index contributed by atoms with van der Waals surface area (Å²) < 4.78 is 2.61. The van der Waals surface area contributed by atoms with Crippen molar-refractivity contribution in [3.05, 3.63) is 237 Å². The molecule has 0 aliphatic heterocycles. The number of rotatable bonds is 8. The van der Waals surface area contributed by atoms with Crippen molar-refractivity contribution in [1.82, 2.24) is 0 Å². The molecule has 0 saturated carbocycles. The highest BCUT2D eigenvalue weighted by Crippen LogP contribution is 2.46. The number of anilines is 3. The maximum absolute atomic E-state index is 2.43. The molecule has 0 unspecified atom stereocenters. The van der Waals surface area contributed by atoms with Crippen LogP contribution in [0.1, 0.15) is 0 Å². The number of thiophene rings is 1. The Morgan fingerprint density at radius 3 is 1.62 bits per heavy atom. The van der Waals surface area contributed by atoms with Gasteiger partial charge in [-0.2, -0.15) is 0 Å². The molecule has 11 rings (SSSR count). The number of fused-ring (bicyclic) bond motifs is 4. The summed E-state index contributed by atoms with van der Waals surface area (Å²) in [6, 6.07) is 86.1. The van der Waals surface area contributed by atoms with Gasteiger partial charge in [0.1, 0.15) is 0 Å². The standard InChI is InChI=1S/C58H39NS/c1-2-14-40(15-3-1)41-30-32-42(33-31-41)43-34-36-48(37-35-43)59(56-28-8-6-23-52(56)54-26-13-27-55-53-24-7-9-29-57(53)60-58(54)55)49-21-11-19-46(39-49)45-18-10-20-47(38-45)51-25-12-17-44-16-4-5-22-50(44)51/h1-39H. The van der Waals surface area contributed by atoms with Gasteiger partial charge in [0.25, 0.3) is 0 Å². The highest BCUT2D eigenvalue weighted by molar-refractivity contribution is 7.26. The van der Waals surface area contributed by atoms with Crippen molar-refractivity contribution in [3.63, 3.8) is 0 Å². The molecule has 60 heavy (non-hydrogen) atoms. The van der Waals surface area contributed by atoms with E-state index in [2.05, 4.69) is 241 Å². The minimum Gasteiger partial charge on any atom is -0.310 e. The molecule has 0 N–H and O–H groups in total. The third-order valence-corrected chi connectivity index (χ3v) is 12.9. The smallest absolute Gasteiger partial charge is 0.0540 e. The summed E-state index contributed by atoms with van der Waals surface area (Å²) >= 11 is 1.88. The van der Waals surface area contributed by atoms with E-state index in [0.29, 0.717) is 0 Å². The van der Waals surface area contributed by atoms with Gasteiger partial charge in [-0.25, -0.2) is 0 Å². The Morgan fingerprint density at radius 1 is 0.283 bits per heavy atom. The fourth-order valence-electron chi connectivity index (χ4n) is 8.74. The Labute approximate surface area is 354 Å². The van der Waals surface area contributed by atoms with E-state index in [-0.39, 0.29) is 0 Å². The van der Waals surface area contributed by atoms with Gasteiger partial charge in [0.05, 0.1) is 5.69 Å². The first-order chi connectivity index (χ1) is 29.7. The van der Waals surface area contributed by atoms with E-state index in [4.69, 9.17) is 0 Å². The molecule has 0 radical (unpaired) electrons. The topological polar surface area (TPSA) is 3.24 Å². The van der Waals surface area contributed by atoms with Gasteiger partial charge in [-0.3, -0.25) is 0 Å². The normalized spacial score (nSPS) is 11.3. The number of hydrogen-bond donors (Lipinski definition) is 0. The molecule has 0 amide bonds. The number of benzene rings is 10. The zero-order chi connectivity index (χ0) is 39.8. The van der Waals surface area contributed by atoms with Gasteiger partial charge in [-0.1, -0.05) is 194 Å². The molecular weight excluding hydrogens is 743 g/mol. The second-order valence-corrected chi connectivity index (χ2v) is 16.3. The molecule has 2 heteroatoms. The van der Waals surface area contributed by atoms with Crippen molar-refractivity contribution in [3.8, 4) is 55.6 Å². The van der Waals surface area contributed by atoms with Gasteiger partial charge < -0.3 is 4.90 Å². The van der Waals surface area contributed by atoms with E-state index < -0.39 is 0 Å². The molecule has 0 fully saturated rings. The van der Waals surface area contributed by atoms with Crippen molar-refractivity contribution in [2.75, 3.05) is 4.90 Å². The van der Waals surface area contributed by atoms with Crippen LogP contribution >= 0.6 is 11.3 Å². The molecule has 0 bridgehead atoms. The van der Waals surface area contributed by atoms with Crippen LogP contribution in [0.15, 0.2) is 237 Å². The third-order valence-electron chi connectivity index (χ3n) is 11.7. The SMILES string of the molecule is c1ccc(-c2ccc(-c3ccc(N(c4cccc(-c5cccc(-c6cccc7ccccc67)c5)c4)c4ccccc4-c4cccc5c4sc4ccccc45)cc3)cc2)cc1. The first-order valence-electron chi connectivity index (χ1n) is 20.5. The molecule has 0 spiro atoms. The van der Waals surface area contributed by atoms with E-state index in [1.54, 1.807) is 0 Å². The predicted molar refractivity (Wildman–Crippen MR) is 259 cm³/mol. The lowest BCUT2D eigenvalue weighted by Gasteiger charge is -2.28. The summed E-state index contributed by atoms with van der Waals surface area (Å²) in [7, 11) is 0. The lowest BCUT2D eigenvalue weighted by Crippen LogP contribution is -2.11. The fourth-order valence-corrected chi connectivity index (χ4v) is 9.97. The number of hydrogen-bond acceptors (Lipinski definition) is 2. The minimum absolute atomic E-state index is 1.09. The largest absolute Gasteiger partial charge is 0.310 e. The summed E-state index contributed by atoms with van der Waals surface area (Å²) in [4.78, 5) is 2.43. The van der Waals surface area contributed by atoms with Crippen LogP contribution in [0.2, 0.25) is 0 Å². The van der Waals surface area contributed by atoms with Gasteiger partial charge >= 0.3 is 0 Å². The second kappa shape index (κ2) is 15.3. The van der Waals surface area contributed by atoms with Crippen LogP contribution < -0.4 is 4.90 Å². The molecule has 10 aromatic carbocycles. The van der Waals surface area contributed by atoms with Gasteiger partial charge in [-0.05, 0) is 97.7 Å². The quantitative estimate of drug-likeness (QED) is 0.148. The van der Waals surface area contributed by atoms with Crippen molar-refractivity contribution >= 4 is 59.3 Å². The summed E-state index contributed by atoms with van der Waals surface area (Å²) in [6.07, 6.45) is 0. The van der Waals surface area contributed by atoms with Crippen LogP contribution in [-0.4, -0.2) is 0 Å². The monoisotopic (exact) mass is 781 g/mol. The molecule has 0 aliphatic rings. The zero-order valence-electron chi connectivity index (χ0n) is 32.9. The Morgan fingerprint density at radius 2 is 0.800 bits per heavy atom. The summed E-state index contributed by atoms with van der Waals surface area (Å²) in [6.45, 7) is 0. The van der Waals surface area contributed by atoms with Crippen LogP contribution in [0.25, 0.3) is 86.6 Å². The number of nitrogens with zero attached hydrogens (tertiary/aromatic N) is 1. The average molecular weight is 782 g/mol. The summed E-state index contributed by atoms with van der Waals surface area (Å²) in [5.74, 6) is 0. The van der Waals surface area contributed by atoms with Gasteiger partial charge in [-0.15, -0.1) is 11.3 Å². The first kappa shape index (κ1) is 35.6. The zero-order valence-corrected chi connectivity index (χ0v) is 33.7. The van der Waals surface area contributed by atoms with Crippen LogP contribution in [0, 0.1) is 0 Å². The molecule has 1 heterocycles. The fraction of sp³-hybridized carbons (Fsp3) is 0. The van der Waals surface area contributed by atoms with E-state index >= 15 is 0 Å². The molecule has 0 saturated heterocycles. The lowest BCUT2D eigenvalue weighted by atomic mass is 9.95.